The molecule has 1 aromatic heterocycles. The van der Waals surface area contributed by atoms with Crippen molar-refractivity contribution in [3.63, 3.8) is 0 Å². The molecule has 116 valence electrons. The van der Waals surface area contributed by atoms with Gasteiger partial charge in [-0.3, -0.25) is 4.21 Å². The molecule has 0 aliphatic carbocycles. The van der Waals surface area contributed by atoms with Gasteiger partial charge in [-0.1, -0.05) is 0 Å². The molecule has 0 spiro atoms. The van der Waals surface area contributed by atoms with Crippen LogP contribution in [0.25, 0.3) is 10.9 Å². The average molecular weight is 332 g/mol. The van der Waals surface area contributed by atoms with Gasteiger partial charge in [0.05, 0.1) is 5.97 Å². The first-order valence-electron chi connectivity index (χ1n) is 7.20. The Balaban J connectivity index is 0.00000104. The number of carboxylic acid groups (broad SMARTS) is 1. The van der Waals surface area contributed by atoms with E-state index < -0.39 is 17.0 Å². The molecule has 3 atom stereocenters. The number of fused-ring (bicyclic) bond motifs is 6. The maximum atomic E-state index is 11.6. The topological polar surface area (TPSA) is 97.2 Å². The summed E-state index contributed by atoms with van der Waals surface area (Å²) in [5.41, 5.74) is 2.55. The molecule has 24 heavy (non-hydrogen) atoms. The van der Waals surface area contributed by atoms with Crippen LogP contribution in [0.4, 0.5) is 0 Å². The average Bonchev–Trinajstić information content (AvgIpc) is 2.99. The smallest absolute Gasteiger partial charge is 0.768 e. The molecule has 4 rings (SSSR count). The molecule has 1 N–H and O–H groups in total. The van der Waals surface area contributed by atoms with Crippen molar-refractivity contribution in [2.75, 3.05) is 0 Å². The van der Waals surface area contributed by atoms with Crippen molar-refractivity contribution >= 4 is 28.0 Å². The number of hydrogen-bond donors (Lipinski definition) is 1. The van der Waals surface area contributed by atoms with Gasteiger partial charge in [-0.15, -0.1) is 0 Å². The van der Waals surface area contributed by atoms with E-state index in [-0.39, 0.29) is 54.2 Å². The van der Waals surface area contributed by atoms with E-state index in [1.807, 2.05) is 11.6 Å². The number of carbonyl (C=O) groups excluding carboxylic acids is 1. The Morgan fingerprint density at radius 2 is 2.04 bits per heavy atom. The fourth-order valence-electron chi connectivity index (χ4n) is 4.00. The van der Waals surface area contributed by atoms with Crippen LogP contribution < -0.4 is 48.1 Å². The van der Waals surface area contributed by atoms with Crippen LogP contribution in [0, 0.1) is 0 Å². The largest absolute Gasteiger partial charge is 1.00 e. The van der Waals surface area contributed by atoms with E-state index in [0.717, 1.165) is 36.0 Å². The molecule has 3 unspecified atom stereocenters. The van der Waals surface area contributed by atoms with E-state index in [4.69, 9.17) is 0 Å². The van der Waals surface area contributed by atoms with E-state index in [9.17, 15) is 18.7 Å². The number of hydrogen-bond acceptors (Lipinski definition) is 5. The summed E-state index contributed by atoms with van der Waals surface area (Å²) in [6, 6.07) is 3.53. The van der Waals surface area contributed by atoms with Gasteiger partial charge in [-0.2, -0.15) is 0 Å². The minimum Gasteiger partial charge on any atom is -0.768 e. The van der Waals surface area contributed by atoms with Gasteiger partial charge in [0.2, 0.25) is 0 Å². The number of nitrogens with zero attached hydrogens (tertiary/aromatic N) is 1. The molecule has 2 aliphatic rings. The number of aryl methyl sites for hydroxylation is 1. The zero-order valence-corrected chi connectivity index (χ0v) is 14.7. The standard InChI is InChI=1S/C15H16N2O4S.2Li/c1-17-9-4-5-11(22(20)21)14(15(18)19)13(9)12-8-3-2-7(16-8)6-10(12)17;;/h4-5,7-8,16H,2-3,6H2,1H3,(H,18,19)(H,20,21);;/q;2*+1/p-2. The monoisotopic (exact) mass is 332 g/mol. The van der Waals surface area contributed by atoms with Crippen LogP contribution in [0.1, 0.15) is 40.5 Å². The first-order valence-corrected chi connectivity index (χ1v) is 8.27. The molecule has 0 radical (unpaired) electrons. The van der Waals surface area contributed by atoms with Crippen molar-refractivity contribution in [2.24, 2.45) is 7.05 Å². The number of rotatable bonds is 2. The van der Waals surface area contributed by atoms with Crippen LogP contribution in [-0.4, -0.2) is 25.3 Å². The molecule has 9 heteroatoms. The Hall–Kier alpha value is -0.505. The second-order valence-corrected chi connectivity index (χ2v) is 6.88. The van der Waals surface area contributed by atoms with Crippen LogP contribution in [0.3, 0.4) is 0 Å². The number of carbonyl (C=O) groups is 1. The zero-order valence-electron chi connectivity index (χ0n) is 13.9. The van der Waals surface area contributed by atoms with E-state index in [1.54, 1.807) is 6.07 Å². The third-order valence-electron chi connectivity index (χ3n) is 4.90. The summed E-state index contributed by atoms with van der Waals surface area (Å²) < 4.78 is 24.8. The number of aromatic carboxylic acids is 1. The van der Waals surface area contributed by atoms with Crippen molar-refractivity contribution in [2.45, 2.75) is 36.2 Å². The Morgan fingerprint density at radius 1 is 1.33 bits per heavy atom. The van der Waals surface area contributed by atoms with Gasteiger partial charge >= 0.3 is 37.7 Å². The van der Waals surface area contributed by atoms with Crippen LogP contribution in [0.15, 0.2) is 17.0 Å². The Kier molecular flexibility index (Phi) is 5.79. The molecule has 1 aromatic carbocycles. The minimum atomic E-state index is -2.61. The van der Waals surface area contributed by atoms with Crippen LogP contribution >= 0.6 is 0 Å². The number of nitrogens with one attached hydrogen (secondary N) is 1. The summed E-state index contributed by atoms with van der Waals surface area (Å²) in [5.74, 6) is -1.45. The molecule has 1 fully saturated rings. The molecule has 6 nitrogen and oxygen atoms in total. The maximum absolute atomic E-state index is 11.6. The van der Waals surface area contributed by atoms with Gasteiger partial charge in [0.1, 0.15) is 0 Å². The minimum absolute atomic E-state index is 0. The van der Waals surface area contributed by atoms with Gasteiger partial charge in [-0.25, -0.2) is 0 Å². The predicted molar refractivity (Wildman–Crippen MR) is 77.0 cm³/mol. The molecular formula is C15H14Li2N2O4S. The number of aromatic nitrogens is 1. The summed E-state index contributed by atoms with van der Waals surface area (Å²) in [5, 5.41) is 15.6. The normalized spacial score (nSPS) is 22.4. The van der Waals surface area contributed by atoms with E-state index in [1.165, 1.54) is 6.07 Å². The fraction of sp³-hybridized carbons (Fsp3) is 0.400. The van der Waals surface area contributed by atoms with Crippen molar-refractivity contribution < 1.29 is 56.4 Å². The molecule has 2 bridgehead atoms. The first kappa shape index (κ1) is 19.8. The quantitative estimate of drug-likeness (QED) is 0.436. The van der Waals surface area contributed by atoms with Gasteiger partial charge < -0.3 is 24.3 Å². The summed E-state index contributed by atoms with van der Waals surface area (Å²) in [4.78, 5) is 11.4. The van der Waals surface area contributed by atoms with Gasteiger partial charge in [-0.05, 0) is 41.6 Å². The fourth-order valence-corrected chi connectivity index (χ4v) is 4.53. The van der Waals surface area contributed by atoms with E-state index in [0.29, 0.717) is 11.4 Å². The molecule has 0 saturated carbocycles. The van der Waals surface area contributed by atoms with Gasteiger partial charge in [0, 0.05) is 52.6 Å². The molecule has 1 saturated heterocycles. The van der Waals surface area contributed by atoms with Crippen LogP contribution in [-0.2, 0) is 24.5 Å². The summed E-state index contributed by atoms with van der Waals surface area (Å²) in [6.45, 7) is 0. The molecule has 0 amide bonds. The van der Waals surface area contributed by atoms with Crippen molar-refractivity contribution in [1.29, 1.82) is 0 Å². The van der Waals surface area contributed by atoms with Gasteiger partial charge in [0.25, 0.3) is 0 Å². The van der Waals surface area contributed by atoms with Crippen molar-refractivity contribution in [1.82, 2.24) is 9.88 Å². The summed E-state index contributed by atoms with van der Waals surface area (Å²) >= 11 is -2.61. The second-order valence-electron chi connectivity index (χ2n) is 5.97. The van der Waals surface area contributed by atoms with Crippen molar-refractivity contribution in [3.05, 3.63) is 29.0 Å². The Labute approximate surface area is 166 Å². The van der Waals surface area contributed by atoms with E-state index >= 15 is 0 Å². The van der Waals surface area contributed by atoms with E-state index in [2.05, 4.69) is 5.32 Å². The third kappa shape index (κ3) is 2.73. The molecule has 2 aromatic rings. The first-order chi connectivity index (χ1) is 10.5. The van der Waals surface area contributed by atoms with Crippen LogP contribution in [0.5, 0.6) is 0 Å². The number of carboxylic acids is 1. The SMILES string of the molecule is Cn1c2c(c3c(C(=O)[O-])c(S(=O)[O-])ccc31)C1CCC(C2)N1.[Li+].[Li+]. The molecule has 2 aliphatic heterocycles. The maximum Gasteiger partial charge on any atom is 1.00 e. The summed E-state index contributed by atoms with van der Waals surface area (Å²) in [7, 11) is 1.90. The van der Waals surface area contributed by atoms with Gasteiger partial charge in [0.15, 0.2) is 0 Å². The molecule has 3 heterocycles. The Bertz CT molecular complexity index is 852. The second kappa shape index (κ2) is 7.01. The summed E-state index contributed by atoms with van der Waals surface area (Å²) in [6.07, 6.45) is 2.82. The van der Waals surface area contributed by atoms with Crippen LogP contribution in [0.2, 0.25) is 0 Å². The number of benzene rings is 1. The predicted octanol–water partition coefficient (Wildman–Crippen LogP) is -5.86. The Morgan fingerprint density at radius 3 is 2.67 bits per heavy atom. The third-order valence-corrected chi connectivity index (χ3v) is 5.60. The molecular weight excluding hydrogens is 318 g/mol. The zero-order chi connectivity index (χ0) is 15.6. The van der Waals surface area contributed by atoms with Crippen molar-refractivity contribution in [3.8, 4) is 0 Å².